The van der Waals surface area contributed by atoms with E-state index < -0.39 is 5.60 Å². The Labute approximate surface area is 158 Å². The number of ether oxygens (including phenoxy) is 1. The Bertz CT molecular complexity index is 778. The summed E-state index contributed by atoms with van der Waals surface area (Å²) in [5.74, 6) is -0.133. The third-order valence-electron chi connectivity index (χ3n) is 3.79. The third-order valence-corrected chi connectivity index (χ3v) is 3.79. The van der Waals surface area contributed by atoms with E-state index in [2.05, 4.69) is 21.2 Å². The number of hydrogen-bond donors (Lipinski definition) is 2. The molecular weight excluding hydrogens is 346 g/mol. The second kappa shape index (κ2) is 8.40. The zero-order valence-corrected chi connectivity index (χ0v) is 15.8. The van der Waals surface area contributed by atoms with Crippen molar-refractivity contribution in [1.29, 1.82) is 5.26 Å². The highest BCUT2D eigenvalue weighted by molar-refractivity contribution is 5.83. The first-order valence-corrected chi connectivity index (χ1v) is 8.58. The molecule has 1 aromatic carbocycles. The highest BCUT2D eigenvalue weighted by Gasteiger charge is 2.26. The van der Waals surface area contributed by atoms with Gasteiger partial charge in [-0.15, -0.1) is 5.10 Å². The van der Waals surface area contributed by atoms with Crippen LogP contribution in [0.4, 0.5) is 10.5 Å². The highest BCUT2D eigenvalue weighted by Crippen LogP contribution is 2.23. The molecule has 1 amide bonds. The predicted octanol–water partition coefficient (Wildman–Crippen LogP) is 1.22. The third kappa shape index (κ3) is 5.88. The lowest BCUT2D eigenvalue weighted by molar-refractivity contribution is 0.0240. The van der Waals surface area contributed by atoms with Crippen molar-refractivity contribution >= 4 is 24.0 Å². The van der Waals surface area contributed by atoms with Gasteiger partial charge in [-0.05, 0) is 38.5 Å². The van der Waals surface area contributed by atoms with Gasteiger partial charge in [-0.2, -0.15) is 10.4 Å². The van der Waals surface area contributed by atoms with E-state index in [1.165, 1.54) is 6.21 Å². The average Bonchev–Trinajstić information content (AvgIpc) is 2.60. The van der Waals surface area contributed by atoms with Crippen molar-refractivity contribution < 1.29 is 9.53 Å². The largest absolute Gasteiger partial charge is 0.444 e. The molecule has 1 aliphatic rings. The SMILES string of the molecule is CC(C)(C)OC(=O)N1CCN(c2ccc(C=NN=C(N)N)cc2C#N)CC1. The normalized spacial score (nSPS) is 14.7. The number of piperazine rings is 1. The van der Waals surface area contributed by atoms with Crippen LogP contribution in [0.5, 0.6) is 0 Å². The molecule has 1 aliphatic heterocycles. The zero-order valence-electron chi connectivity index (χ0n) is 15.8. The monoisotopic (exact) mass is 371 g/mol. The van der Waals surface area contributed by atoms with Gasteiger partial charge in [-0.1, -0.05) is 6.07 Å². The minimum atomic E-state index is -0.516. The van der Waals surface area contributed by atoms with E-state index in [1.807, 2.05) is 32.9 Å². The first-order chi connectivity index (χ1) is 12.7. The summed E-state index contributed by atoms with van der Waals surface area (Å²) in [6.45, 7) is 7.85. The molecule has 9 heteroatoms. The van der Waals surface area contributed by atoms with Gasteiger partial charge in [0.15, 0.2) is 0 Å². The van der Waals surface area contributed by atoms with E-state index in [4.69, 9.17) is 16.2 Å². The van der Waals surface area contributed by atoms with Crippen LogP contribution in [0.2, 0.25) is 0 Å². The summed E-state index contributed by atoms with van der Waals surface area (Å²) in [6, 6.07) is 7.62. The minimum absolute atomic E-state index is 0.133. The number of rotatable bonds is 3. The predicted molar refractivity (Wildman–Crippen MR) is 105 cm³/mol. The quantitative estimate of drug-likeness (QED) is 0.466. The summed E-state index contributed by atoms with van der Waals surface area (Å²) >= 11 is 0. The fourth-order valence-corrected chi connectivity index (χ4v) is 2.62. The van der Waals surface area contributed by atoms with Crippen molar-refractivity contribution in [2.45, 2.75) is 26.4 Å². The van der Waals surface area contributed by atoms with Crippen molar-refractivity contribution in [3.05, 3.63) is 29.3 Å². The van der Waals surface area contributed by atoms with Crippen LogP contribution in [0.3, 0.4) is 0 Å². The number of nitrogens with two attached hydrogens (primary N) is 2. The van der Waals surface area contributed by atoms with Crippen LogP contribution in [-0.4, -0.2) is 54.9 Å². The maximum atomic E-state index is 12.2. The summed E-state index contributed by atoms with van der Waals surface area (Å²) in [5.41, 5.74) is 12.0. The molecule has 0 unspecified atom stereocenters. The van der Waals surface area contributed by atoms with Gasteiger partial charge in [0.2, 0.25) is 5.96 Å². The van der Waals surface area contributed by atoms with Gasteiger partial charge in [-0.25, -0.2) is 4.79 Å². The van der Waals surface area contributed by atoms with Crippen LogP contribution in [0, 0.1) is 11.3 Å². The first kappa shape index (κ1) is 20.0. The molecule has 1 aromatic rings. The van der Waals surface area contributed by atoms with E-state index in [1.54, 1.807) is 11.0 Å². The summed E-state index contributed by atoms with van der Waals surface area (Å²) < 4.78 is 5.41. The molecule has 1 heterocycles. The summed E-state index contributed by atoms with van der Waals surface area (Å²) in [6.07, 6.45) is 1.17. The van der Waals surface area contributed by atoms with Gasteiger partial charge in [0.05, 0.1) is 17.5 Å². The van der Waals surface area contributed by atoms with Gasteiger partial charge in [0.25, 0.3) is 0 Å². The lowest BCUT2D eigenvalue weighted by Gasteiger charge is -2.37. The summed E-state index contributed by atoms with van der Waals surface area (Å²) in [4.78, 5) is 15.9. The van der Waals surface area contributed by atoms with E-state index in [0.717, 1.165) is 5.69 Å². The van der Waals surface area contributed by atoms with E-state index in [0.29, 0.717) is 37.3 Å². The van der Waals surface area contributed by atoms with Crippen molar-refractivity contribution in [1.82, 2.24) is 4.90 Å². The summed E-state index contributed by atoms with van der Waals surface area (Å²) in [7, 11) is 0. The number of anilines is 1. The molecule has 1 fully saturated rings. The molecule has 27 heavy (non-hydrogen) atoms. The Kier molecular flexibility index (Phi) is 6.23. The molecule has 144 valence electrons. The van der Waals surface area contributed by atoms with Crippen LogP contribution in [0.15, 0.2) is 28.4 Å². The van der Waals surface area contributed by atoms with Gasteiger partial charge >= 0.3 is 6.09 Å². The van der Waals surface area contributed by atoms with Crippen molar-refractivity contribution in [3.8, 4) is 6.07 Å². The first-order valence-electron chi connectivity index (χ1n) is 8.58. The maximum absolute atomic E-state index is 12.2. The molecule has 0 aromatic heterocycles. The van der Waals surface area contributed by atoms with Crippen LogP contribution in [-0.2, 0) is 4.74 Å². The molecule has 9 nitrogen and oxygen atoms in total. The molecular formula is C18H25N7O2. The Morgan fingerprint density at radius 2 is 1.93 bits per heavy atom. The van der Waals surface area contributed by atoms with E-state index >= 15 is 0 Å². The number of amides is 1. The summed E-state index contributed by atoms with van der Waals surface area (Å²) in [5, 5.41) is 16.8. The Balaban J connectivity index is 2.05. The lowest BCUT2D eigenvalue weighted by atomic mass is 10.1. The molecule has 4 N–H and O–H groups in total. The topological polar surface area (TPSA) is 133 Å². The van der Waals surface area contributed by atoms with Crippen molar-refractivity contribution in [2.75, 3.05) is 31.1 Å². The van der Waals surface area contributed by atoms with Crippen molar-refractivity contribution in [3.63, 3.8) is 0 Å². The van der Waals surface area contributed by atoms with E-state index in [9.17, 15) is 10.1 Å². The lowest BCUT2D eigenvalue weighted by Crippen LogP contribution is -2.50. The van der Waals surface area contributed by atoms with Crippen LogP contribution in [0.25, 0.3) is 0 Å². The highest BCUT2D eigenvalue weighted by atomic mass is 16.6. The molecule has 0 bridgehead atoms. The molecule has 2 rings (SSSR count). The number of carbonyl (C=O) groups excluding carboxylic acids is 1. The Morgan fingerprint density at radius 1 is 1.26 bits per heavy atom. The van der Waals surface area contributed by atoms with Crippen LogP contribution < -0.4 is 16.4 Å². The fraction of sp³-hybridized carbons (Fsp3) is 0.444. The number of hydrogen-bond acceptors (Lipinski definition) is 6. The number of guanidine groups is 1. The number of nitriles is 1. The second-order valence-corrected chi connectivity index (χ2v) is 7.11. The van der Waals surface area contributed by atoms with Gasteiger partial charge in [-0.3, -0.25) is 0 Å². The van der Waals surface area contributed by atoms with Crippen LogP contribution >= 0.6 is 0 Å². The molecule has 1 saturated heterocycles. The Morgan fingerprint density at radius 3 is 2.48 bits per heavy atom. The second-order valence-electron chi connectivity index (χ2n) is 7.11. The molecule has 0 atom stereocenters. The van der Waals surface area contributed by atoms with Gasteiger partial charge < -0.3 is 26.0 Å². The zero-order chi connectivity index (χ0) is 20.0. The standard InChI is InChI=1S/C18H25N7O2/c1-18(2,3)27-17(26)25-8-6-24(7-9-25)15-5-4-13(10-14(15)11-19)12-22-23-16(20)21/h4-5,10,12H,6-9H2,1-3H3,(H4,20,21,23). The molecule has 0 saturated carbocycles. The Hall–Kier alpha value is -3.28. The van der Waals surface area contributed by atoms with Gasteiger partial charge in [0, 0.05) is 26.2 Å². The fourth-order valence-electron chi connectivity index (χ4n) is 2.62. The molecule has 0 spiro atoms. The average molecular weight is 371 g/mol. The molecule has 0 radical (unpaired) electrons. The van der Waals surface area contributed by atoms with Crippen molar-refractivity contribution in [2.24, 2.45) is 21.7 Å². The smallest absolute Gasteiger partial charge is 0.410 e. The van der Waals surface area contributed by atoms with Gasteiger partial charge in [0.1, 0.15) is 11.7 Å². The minimum Gasteiger partial charge on any atom is -0.444 e. The maximum Gasteiger partial charge on any atom is 0.410 e. The number of carbonyl (C=O) groups is 1. The molecule has 0 aliphatic carbocycles. The van der Waals surface area contributed by atoms with Crippen LogP contribution in [0.1, 0.15) is 31.9 Å². The number of nitrogens with zero attached hydrogens (tertiary/aromatic N) is 5. The number of benzene rings is 1. The van der Waals surface area contributed by atoms with E-state index in [-0.39, 0.29) is 12.1 Å².